The fourth-order valence-corrected chi connectivity index (χ4v) is 1.54. The predicted octanol–water partition coefficient (Wildman–Crippen LogP) is 3.28. The van der Waals surface area contributed by atoms with E-state index in [4.69, 9.17) is 26.8 Å². The molecule has 0 bridgehead atoms. The van der Waals surface area contributed by atoms with Gasteiger partial charge in [0.15, 0.2) is 0 Å². The van der Waals surface area contributed by atoms with Crippen LogP contribution in [0.15, 0.2) is 12.1 Å². The quantitative estimate of drug-likeness (QED) is 0.490. The van der Waals surface area contributed by atoms with E-state index < -0.39 is 5.97 Å². The number of rotatable bonds is 6. The average molecular weight is 272 g/mol. The number of nitrogens with two attached hydrogens (primary N) is 1. The highest BCUT2D eigenvalue weighted by molar-refractivity contribution is 6.33. The fraction of sp³-hybridized carbons (Fsp3) is 0.462. The molecule has 0 radical (unpaired) electrons. The third kappa shape index (κ3) is 3.81. The zero-order chi connectivity index (χ0) is 13.5. The summed E-state index contributed by atoms with van der Waals surface area (Å²) in [6.07, 6.45) is 1.92. The first-order valence-electron chi connectivity index (χ1n) is 5.99. The lowest BCUT2D eigenvalue weighted by molar-refractivity contribution is 0.0521. The summed E-state index contributed by atoms with van der Waals surface area (Å²) in [6.45, 7) is 4.64. The molecule has 2 N–H and O–H groups in total. The molecule has 0 spiro atoms. The molecule has 0 aliphatic heterocycles. The minimum Gasteiger partial charge on any atom is -0.493 e. The number of halogens is 1. The van der Waals surface area contributed by atoms with E-state index in [1.54, 1.807) is 13.0 Å². The van der Waals surface area contributed by atoms with Gasteiger partial charge < -0.3 is 15.2 Å². The number of hydrogen-bond acceptors (Lipinski definition) is 4. The topological polar surface area (TPSA) is 61.5 Å². The minimum atomic E-state index is -0.452. The lowest BCUT2D eigenvalue weighted by atomic mass is 10.1. The van der Waals surface area contributed by atoms with Gasteiger partial charge in [0, 0.05) is 6.07 Å². The number of unbranched alkanes of at least 4 members (excludes halogenated alkanes) is 1. The second-order valence-electron chi connectivity index (χ2n) is 3.79. The number of nitrogen functional groups attached to an aromatic ring is 1. The van der Waals surface area contributed by atoms with Crippen LogP contribution in [-0.2, 0) is 4.74 Å². The number of carbonyl (C=O) groups excluding carboxylic acids is 1. The summed E-state index contributed by atoms with van der Waals surface area (Å²) in [7, 11) is 0. The van der Waals surface area contributed by atoms with E-state index in [0.717, 1.165) is 12.8 Å². The molecule has 0 amide bonds. The van der Waals surface area contributed by atoms with Crippen LogP contribution >= 0.6 is 11.6 Å². The zero-order valence-electron chi connectivity index (χ0n) is 10.7. The van der Waals surface area contributed by atoms with Crippen molar-refractivity contribution in [2.24, 2.45) is 0 Å². The molecule has 100 valence electrons. The van der Waals surface area contributed by atoms with Crippen LogP contribution in [0, 0.1) is 0 Å². The minimum absolute atomic E-state index is 0.301. The van der Waals surface area contributed by atoms with Gasteiger partial charge in [0.2, 0.25) is 0 Å². The Hall–Kier alpha value is -1.42. The summed E-state index contributed by atoms with van der Waals surface area (Å²) in [5, 5.41) is 0.370. The normalized spacial score (nSPS) is 10.2. The Balaban J connectivity index is 2.97. The van der Waals surface area contributed by atoms with Crippen LogP contribution in [-0.4, -0.2) is 19.2 Å². The Morgan fingerprint density at radius 1 is 1.39 bits per heavy atom. The monoisotopic (exact) mass is 271 g/mol. The van der Waals surface area contributed by atoms with Crippen molar-refractivity contribution in [2.45, 2.75) is 26.7 Å². The van der Waals surface area contributed by atoms with Crippen molar-refractivity contribution in [2.75, 3.05) is 18.9 Å². The molecule has 0 heterocycles. The van der Waals surface area contributed by atoms with Crippen LogP contribution in [0.3, 0.4) is 0 Å². The molecule has 0 fully saturated rings. The van der Waals surface area contributed by atoms with Gasteiger partial charge in [-0.05, 0) is 19.4 Å². The lowest BCUT2D eigenvalue weighted by Gasteiger charge is -2.12. The number of benzene rings is 1. The zero-order valence-corrected chi connectivity index (χ0v) is 11.4. The Bertz CT molecular complexity index is 421. The Kier molecular flexibility index (Phi) is 5.78. The number of esters is 1. The lowest BCUT2D eigenvalue weighted by Crippen LogP contribution is -2.09. The molecule has 0 saturated carbocycles. The maximum absolute atomic E-state index is 11.8. The molecular formula is C13H18ClNO3. The van der Waals surface area contributed by atoms with Gasteiger partial charge in [-0.1, -0.05) is 24.9 Å². The molecule has 5 heteroatoms. The Morgan fingerprint density at radius 2 is 2.11 bits per heavy atom. The maximum atomic E-state index is 11.8. The second-order valence-corrected chi connectivity index (χ2v) is 4.20. The number of anilines is 1. The molecule has 0 saturated heterocycles. The molecule has 0 aliphatic carbocycles. The maximum Gasteiger partial charge on any atom is 0.341 e. The number of carbonyl (C=O) groups is 1. The van der Waals surface area contributed by atoms with Gasteiger partial charge in [0.1, 0.15) is 11.3 Å². The smallest absolute Gasteiger partial charge is 0.341 e. The van der Waals surface area contributed by atoms with Gasteiger partial charge in [-0.3, -0.25) is 0 Å². The highest BCUT2D eigenvalue weighted by Crippen LogP contribution is 2.29. The fourth-order valence-electron chi connectivity index (χ4n) is 1.39. The average Bonchev–Trinajstić information content (AvgIpc) is 2.34. The van der Waals surface area contributed by atoms with Crippen molar-refractivity contribution in [1.82, 2.24) is 0 Å². The molecule has 0 aliphatic rings. The van der Waals surface area contributed by atoms with Gasteiger partial charge in [-0.25, -0.2) is 4.79 Å². The van der Waals surface area contributed by atoms with E-state index in [2.05, 4.69) is 6.92 Å². The van der Waals surface area contributed by atoms with Crippen molar-refractivity contribution in [3.8, 4) is 5.75 Å². The number of ether oxygens (including phenoxy) is 2. The summed E-state index contributed by atoms with van der Waals surface area (Å²) in [4.78, 5) is 11.8. The summed E-state index contributed by atoms with van der Waals surface area (Å²) in [6, 6.07) is 3.04. The molecular weight excluding hydrogens is 254 g/mol. The Labute approximate surface area is 112 Å². The van der Waals surface area contributed by atoms with E-state index in [0.29, 0.717) is 35.2 Å². The first-order valence-corrected chi connectivity index (χ1v) is 6.36. The van der Waals surface area contributed by atoms with Crippen molar-refractivity contribution >= 4 is 23.3 Å². The Morgan fingerprint density at radius 3 is 2.72 bits per heavy atom. The van der Waals surface area contributed by atoms with Crippen LogP contribution in [0.2, 0.25) is 5.02 Å². The third-order valence-electron chi connectivity index (χ3n) is 2.35. The van der Waals surface area contributed by atoms with Crippen LogP contribution in [0.5, 0.6) is 5.75 Å². The van der Waals surface area contributed by atoms with E-state index in [1.807, 2.05) is 0 Å². The van der Waals surface area contributed by atoms with Crippen LogP contribution in [0.25, 0.3) is 0 Å². The van der Waals surface area contributed by atoms with Crippen molar-refractivity contribution in [1.29, 1.82) is 0 Å². The largest absolute Gasteiger partial charge is 0.493 e. The van der Waals surface area contributed by atoms with Gasteiger partial charge in [-0.2, -0.15) is 0 Å². The molecule has 0 unspecified atom stereocenters. The van der Waals surface area contributed by atoms with Crippen molar-refractivity contribution in [3.63, 3.8) is 0 Å². The molecule has 0 aromatic heterocycles. The summed E-state index contributed by atoms with van der Waals surface area (Å²) < 4.78 is 10.5. The highest BCUT2D eigenvalue weighted by Gasteiger charge is 2.16. The van der Waals surface area contributed by atoms with E-state index in [-0.39, 0.29) is 0 Å². The summed E-state index contributed by atoms with van der Waals surface area (Å²) in [5.74, 6) is -0.0338. The van der Waals surface area contributed by atoms with Crippen molar-refractivity contribution in [3.05, 3.63) is 22.7 Å². The molecule has 1 aromatic rings. The SMILES string of the molecule is CCCCOc1cc(Cl)c(N)cc1C(=O)OCC. The van der Waals surface area contributed by atoms with Crippen LogP contribution < -0.4 is 10.5 Å². The van der Waals surface area contributed by atoms with Crippen LogP contribution in [0.1, 0.15) is 37.0 Å². The first kappa shape index (κ1) is 14.6. The van der Waals surface area contributed by atoms with Gasteiger partial charge in [-0.15, -0.1) is 0 Å². The van der Waals surface area contributed by atoms with Gasteiger partial charge in [0.05, 0.1) is 23.9 Å². The van der Waals surface area contributed by atoms with Crippen LogP contribution in [0.4, 0.5) is 5.69 Å². The van der Waals surface area contributed by atoms with E-state index in [9.17, 15) is 4.79 Å². The predicted molar refractivity (Wildman–Crippen MR) is 72.2 cm³/mol. The molecule has 18 heavy (non-hydrogen) atoms. The number of hydrogen-bond donors (Lipinski definition) is 1. The highest BCUT2D eigenvalue weighted by atomic mass is 35.5. The van der Waals surface area contributed by atoms with Gasteiger partial charge in [0.25, 0.3) is 0 Å². The molecule has 1 aromatic carbocycles. The third-order valence-corrected chi connectivity index (χ3v) is 2.68. The van der Waals surface area contributed by atoms with Crippen molar-refractivity contribution < 1.29 is 14.3 Å². The van der Waals surface area contributed by atoms with E-state index in [1.165, 1.54) is 6.07 Å². The standard InChI is InChI=1S/C13H18ClNO3/c1-3-5-6-18-12-8-10(14)11(15)7-9(12)13(16)17-4-2/h7-8H,3-6,15H2,1-2H3. The molecule has 0 atom stereocenters. The van der Waals surface area contributed by atoms with Gasteiger partial charge >= 0.3 is 5.97 Å². The molecule has 4 nitrogen and oxygen atoms in total. The second kappa shape index (κ2) is 7.11. The van der Waals surface area contributed by atoms with E-state index >= 15 is 0 Å². The molecule has 1 rings (SSSR count). The first-order chi connectivity index (χ1) is 8.60. The summed E-state index contributed by atoms with van der Waals surface area (Å²) >= 11 is 5.92. The summed E-state index contributed by atoms with van der Waals surface area (Å²) in [5.41, 5.74) is 6.33.